The monoisotopic (exact) mass is 291 g/mol. The minimum absolute atomic E-state index is 0.00255. The van der Waals surface area contributed by atoms with Crippen LogP contribution in [0.1, 0.15) is 64.0 Å². The van der Waals surface area contributed by atoms with Crippen LogP contribution < -0.4 is 5.73 Å². The molecule has 21 heavy (non-hydrogen) atoms. The molecule has 0 aliphatic carbocycles. The van der Waals surface area contributed by atoms with Crippen molar-refractivity contribution in [3.63, 3.8) is 0 Å². The summed E-state index contributed by atoms with van der Waals surface area (Å²) in [6, 6.07) is 3.72. The van der Waals surface area contributed by atoms with Gasteiger partial charge in [0.05, 0.1) is 0 Å². The van der Waals surface area contributed by atoms with E-state index in [1.165, 1.54) is 0 Å². The molecule has 4 nitrogen and oxygen atoms in total. The van der Waals surface area contributed by atoms with Crippen molar-refractivity contribution in [3.05, 3.63) is 23.4 Å². The summed E-state index contributed by atoms with van der Waals surface area (Å²) in [5, 5.41) is 0. The molecule has 1 heterocycles. The number of hydrogen-bond acceptors (Lipinski definition) is 3. The number of pyridine rings is 1. The summed E-state index contributed by atoms with van der Waals surface area (Å²) in [5.41, 5.74) is 7.20. The van der Waals surface area contributed by atoms with E-state index < -0.39 is 0 Å². The van der Waals surface area contributed by atoms with Crippen molar-refractivity contribution in [2.45, 2.75) is 59.4 Å². The van der Waals surface area contributed by atoms with Gasteiger partial charge < -0.3 is 10.6 Å². The van der Waals surface area contributed by atoms with Crippen LogP contribution in [-0.4, -0.2) is 28.9 Å². The molecule has 0 saturated heterocycles. The standard InChI is InChI=1S/C17H29N3O/c1-11(2)8-12(3)20(7)16(21)13-9-14(17(4,5)6)19-15(18)10-13/h9-12H,8H2,1-7H3,(H2,18,19). The highest BCUT2D eigenvalue weighted by molar-refractivity contribution is 5.95. The van der Waals surface area contributed by atoms with Gasteiger partial charge in [-0.2, -0.15) is 0 Å². The lowest BCUT2D eigenvalue weighted by atomic mass is 9.90. The Labute approximate surface area is 128 Å². The van der Waals surface area contributed by atoms with Gasteiger partial charge >= 0.3 is 0 Å². The van der Waals surface area contributed by atoms with Gasteiger partial charge in [-0.1, -0.05) is 34.6 Å². The van der Waals surface area contributed by atoms with Crippen LogP contribution in [0.25, 0.3) is 0 Å². The number of carbonyl (C=O) groups is 1. The second-order valence-corrected chi connectivity index (χ2v) is 7.31. The summed E-state index contributed by atoms with van der Waals surface area (Å²) in [7, 11) is 1.85. The summed E-state index contributed by atoms with van der Waals surface area (Å²) in [6.07, 6.45) is 0.981. The van der Waals surface area contributed by atoms with Crippen LogP contribution in [0.4, 0.5) is 5.82 Å². The first-order chi connectivity index (χ1) is 9.52. The highest BCUT2D eigenvalue weighted by Crippen LogP contribution is 2.23. The van der Waals surface area contributed by atoms with E-state index in [9.17, 15) is 4.79 Å². The topological polar surface area (TPSA) is 59.2 Å². The average Bonchev–Trinajstić information content (AvgIpc) is 2.34. The molecule has 0 radical (unpaired) electrons. The Balaban J connectivity index is 3.05. The Morgan fingerprint density at radius 3 is 2.33 bits per heavy atom. The van der Waals surface area contributed by atoms with Crippen LogP contribution in [0.15, 0.2) is 12.1 Å². The largest absolute Gasteiger partial charge is 0.384 e. The molecule has 0 aliphatic rings. The zero-order chi connectivity index (χ0) is 16.4. The molecule has 0 aliphatic heterocycles. The maximum Gasteiger partial charge on any atom is 0.254 e. The summed E-state index contributed by atoms with van der Waals surface area (Å²) >= 11 is 0. The molecule has 4 heteroatoms. The van der Waals surface area contributed by atoms with Crippen molar-refractivity contribution in [2.75, 3.05) is 12.8 Å². The van der Waals surface area contributed by atoms with Gasteiger partial charge in [-0.3, -0.25) is 4.79 Å². The zero-order valence-corrected chi connectivity index (χ0v) is 14.4. The van der Waals surface area contributed by atoms with E-state index in [-0.39, 0.29) is 17.4 Å². The van der Waals surface area contributed by atoms with Gasteiger partial charge in [-0.25, -0.2) is 4.98 Å². The molecule has 0 spiro atoms. The number of anilines is 1. The van der Waals surface area contributed by atoms with E-state index >= 15 is 0 Å². The van der Waals surface area contributed by atoms with Crippen molar-refractivity contribution in [2.24, 2.45) is 5.92 Å². The molecule has 1 unspecified atom stereocenters. The van der Waals surface area contributed by atoms with Gasteiger partial charge in [0.1, 0.15) is 5.82 Å². The summed E-state index contributed by atoms with van der Waals surface area (Å²) in [4.78, 5) is 18.8. The number of amides is 1. The van der Waals surface area contributed by atoms with Crippen molar-refractivity contribution >= 4 is 11.7 Å². The maximum atomic E-state index is 12.6. The smallest absolute Gasteiger partial charge is 0.254 e. The zero-order valence-electron chi connectivity index (χ0n) is 14.4. The summed E-state index contributed by atoms with van der Waals surface area (Å²) < 4.78 is 0. The molecular weight excluding hydrogens is 262 g/mol. The number of aromatic nitrogens is 1. The number of nitrogen functional groups attached to an aromatic ring is 1. The van der Waals surface area contributed by atoms with Crippen molar-refractivity contribution in [1.82, 2.24) is 9.88 Å². The number of rotatable bonds is 4. The molecule has 1 rings (SSSR count). The van der Waals surface area contributed by atoms with E-state index in [0.717, 1.165) is 12.1 Å². The molecule has 118 valence electrons. The fraction of sp³-hybridized carbons (Fsp3) is 0.647. The van der Waals surface area contributed by atoms with Gasteiger partial charge in [0, 0.05) is 29.8 Å². The molecular formula is C17H29N3O. The van der Waals surface area contributed by atoms with Crippen LogP contribution >= 0.6 is 0 Å². The summed E-state index contributed by atoms with van der Waals surface area (Å²) in [5.74, 6) is 0.960. The van der Waals surface area contributed by atoms with Crippen molar-refractivity contribution < 1.29 is 4.79 Å². The van der Waals surface area contributed by atoms with E-state index in [1.54, 1.807) is 11.0 Å². The first kappa shape index (κ1) is 17.5. The van der Waals surface area contributed by atoms with Gasteiger partial charge in [-0.05, 0) is 31.4 Å². The second-order valence-electron chi connectivity index (χ2n) is 7.31. The Morgan fingerprint density at radius 1 is 1.29 bits per heavy atom. The first-order valence-corrected chi connectivity index (χ1v) is 7.57. The minimum Gasteiger partial charge on any atom is -0.384 e. The van der Waals surface area contributed by atoms with Crippen LogP contribution in [0, 0.1) is 5.92 Å². The number of carbonyl (C=O) groups excluding carboxylic acids is 1. The van der Waals surface area contributed by atoms with Crippen molar-refractivity contribution in [3.8, 4) is 0 Å². The molecule has 0 bridgehead atoms. The predicted octanol–water partition coefficient (Wildman–Crippen LogP) is 3.47. The number of nitrogens with zero attached hydrogens (tertiary/aromatic N) is 2. The van der Waals surface area contributed by atoms with E-state index in [2.05, 4.69) is 46.5 Å². The number of nitrogens with two attached hydrogens (primary N) is 1. The normalized spacial score (nSPS) is 13.3. The summed E-state index contributed by atoms with van der Waals surface area (Å²) in [6.45, 7) is 12.6. The third-order valence-corrected chi connectivity index (χ3v) is 3.65. The lowest BCUT2D eigenvalue weighted by Crippen LogP contribution is -2.36. The van der Waals surface area contributed by atoms with Gasteiger partial charge in [0.2, 0.25) is 0 Å². The second kappa shape index (κ2) is 6.46. The predicted molar refractivity (Wildman–Crippen MR) is 88.4 cm³/mol. The van der Waals surface area contributed by atoms with Crippen LogP contribution in [-0.2, 0) is 5.41 Å². The van der Waals surface area contributed by atoms with Crippen LogP contribution in [0.5, 0.6) is 0 Å². The maximum absolute atomic E-state index is 12.6. The fourth-order valence-corrected chi connectivity index (χ4v) is 2.30. The Morgan fingerprint density at radius 2 is 1.86 bits per heavy atom. The van der Waals surface area contributed by atoms with E-state index in [4.69, 9.17) is 5.73 Å². The Hall–Kier alpha value is -1.58. The van der Waals surface area contributed by atoms with Crippen molar-refractivity contribution in [1.29, 1.82) is 0 Å². The Bertz CT molecular complexity index is 503. The molecule has 0 fully saturated rings. The Kier molecular flexibility index (Phi) is 5.37. The molecule has 0 aromatic carbocycles. The highest BCUT2D eigenvalue weighted by Gasteiger charge is 2.22. The van der Waals surface area contributed by atoms with Gasteiger partial charge in [0.25, 0.3) is 5.91 Å². The molecule has 1 aromatic heterocycles. The minimum atomic E-state index is -0.132. The quantitative estimate of drug-likeness (QED) is 0.924. The average molecular weight is 291 g/mol. The molecule has 1 atom stereocenters. The lowest BCUT2D eigenvalue weighted by Gasteiger charge is -2.27. The molecule has 1 amide bonds. The van der Waals surface area contributed by atoms with Crippen LogP contribution in [0.2, 0.25) is 0 Å². The first-order valence-electron chi connectivity index (χ1n) is 7.57. The fourth-order valence-electron chi connectivity index (χ4n) is 2.30. The van der Waals surface area contributed by atoms with E-state index in [1.807, 2.05) is 13.1 Å². The van der Waals surface area contributed by atoms with Gasteiger partial charge in [-0.15, -0.1) is 0 Å². The highest BCUT2D eigenvalue weighted by atomic mass is 16.2. The molecule has 0 saturated carbocycles. The SMILES string of the molecule is CC(C)CC(C)N(C)C(=O)c1cc(N)nc(C(C)(C)C)c1. The molecule has 1 aromatic rings. The molecule has 2 N–H and O–H groups in total. The van der Waals surface area contributed by atoms with Crippen LogP contribution in [0.3, 0.4) is 0 Å². The lowest BCUT2D eigenvalue weighted by molar-refractivity contribution is 0.0728. The van der Waals surface area contributed by atoms with E-state index in [0.29, 0.717) is 17.3 Å². The third kappa shape index (κ3) is 4.73. The third-order valence-electron chi connectivity index (χ3n) is 3.65. The number of hydrogen-bond donors (Lipinski definition) is 1. The van der Waals surface area contributed by atoms with Gasteiger partial charge in [0.15, 0.2) is 0 Å².